The largest absolute Gasteiger partial charge is 0.383 e. The highest BCUT2D eigenvalue weighted by Crippen LogP contribution is 2.33. The zero-order valence-corrected chi connectivity index (χ0v) is 11.0. The number of anilines is 1. The standard InChI is InChI=1S/C13H17N3O3/c1-3-8-6-10(8)15-13(17)9-4-5-12(16(18)19)11(7-9)14-2/h4-5,7-8,10,14H,3,6H2,1-2H3,(H,15,17). The third-order valence-electron chi connectivity index (χ3n) is 3.49. The fraction of sp³-hybridized carbons (Fsp3) is 0.462. The molecule has 2 rings (SSSR count). The van der Waals surface area contributed by atoms with Gasteiger partial charge in [0.15, 0.2) is 0 Å². The molecule has 0 saturated heterocycles. The van der Waals surface area contributed by atoms with E-state index < -0.39 is 4.92 Å². The molecule has 0 spiro atoms. The van der Waals surface area contributed by atoms with Crippen molar-refractivity contribution < 1.29 is 9.72 Å². The zero-order chi connectivity index (χ0) is 14.0. The molecule has 1 aromatic carbocycles. The third-order valence-corrected chi connectivity index (χ3v) is 3.49. The topological polar surface area (TPSA) is 84.3 Å². The summed E-state index contributed by atoms with van der Waals surface area (Å²) >= 11 is 0. The predicted molar refractivity (Wildman–Crippen MR) is 72.3 cm³/mol. The summed E-state index contributed by atoms with van der Waals surface area (Å²) in [6.45, 7) is 2.10. The van der Waals surface area contributed by atoms with Crippen molar-refractivity contribution in [1.82, 2.24) is 5.32 Å². The summed E-state index contributed by atoms with van der Waals surface area (Å²) in [7, 11) is 1.60. The van der Waals surface area contributed by atoms with Crippen LogP contribution in [0.1, 0.15) is 30.1 Å². The van der Waals surface area contributed by atoms with Gasteiger partial charge < -0.3 is 10.6 Å². The van der Waals surface area contributed by atoms with Crippen molar-refractivity contribution in [3.05, 3.63) is 33.9 Å². The molecule has 1 amide bonds. The minimum atomic E-state index is -0.471. The second-order valence-corrected chi connectivity index (χ2v) is 4.72. The number of hydrogen-bond acceptors (Lipinski definition) is 4. The minimum absolute atomic E-state index is 0.0306. The second-order valence-electron chi connectivity index (χ2n) is 4.72. The average molecular weight is 263 g/mol. The van der Waals surface area contributed by atoms with Gasteiger partial charge in [-0.25, -0.2) is 0 Å². The van der Waals surface area contributed by atoms with Crippen LogP contribution in [0, 0.1) is 16.0 Å². The van der Waals surface area contributed by atoms with Gasteiger partial charge in [-0.1, -0.05) is 13.3 Å². The minimum Gasteiger partial charge on any atom is -0.383 e. The molecule has 6 nitrogen and oxygen atoms in total. The number of rotatable bonds is 5. The molecule has 1 saturated carbocycles. The summed E-state index contributed by atoms with van der Waals surface area (Å²) in [4.78, 5) is 22.3. The van der Waals surface area contributed by atoms with Crippen molar-refractivity contribution in [1.29, 1.82) is 0 Å². The number of carbonyl (C=O) groups is 1. The van der Waals surface area contributed by atoms with Crippen molar-refractivity contribution in [3.8, 4) is 0 Å². The Morgan fingerprint density at radius 2 is 2.26 bits per heavy atom. The Bertz CT molecular complexity index is 516. The highest BCUT2D eigenvalue weighted by atomic mass is 16.6. The molecule has 2 unspecified atom stereocenters. The third kappa shape index (κ3) is 2.83. The van der Waals surface area contributed by atoms with E-state index in [1.807, 2.05) is 0 Å². The SMILES string of the molecule is CCC1CC1NC(=O)c1ccc([N+](=O)[O-])c(NC)c1. The first-order chi connectivity index (χ1) is 9.06. The summed E-state index contributed by atoms with van der Waals surface area (Å²) in [6, 6.07) is 4.60. The maximum atomic E-state index is 12.0. The Morgan fingerprint density at radius 3 is 2.79 bits per heavy atom. The van der Waals surface area contributed by atoms with E-state index in [-0.39, 0.29) is 17.6 Å². The van der Waals surface area contributed by atoms with Crippen LogP contribution < -0.4 is 10.6 Å². The molecular weight excluding hydrogens is 246 g/mol. The average Bonchev–Trinajstić information content (AvgIpc) is 3.16. The lowest BCUT2D eigenvalue weighted by Gasteiger charge is -2.07. The van der Waals surface area contributed by atoms with E-state index >= 15 is 0 Å². The van der Waals surface area contributed by atoms with Crippen LogP contribution in [0.5, 0.6) is 0 Å². The van der Waals surface area contributed by atoms with Gasteiger partial charge in [0.25, 0.3) is 11.6 Å². The van der Waals surface area contributed by atoms with E-state index in [1.54, 1.807) is 7.05 Å². The number of carbonyl (C=O) groups excluding carboxylic acids is 1. The first-order valence-corrected chi connectivity index (χ1v) is 6.33. The van der Waals surface area contributed by atoms with Gasteiger partial charge in [0.05, 0.1) is 4.92 Å². The number of benzene rings is 1. The highest BCUT2D eigenvalue weighted by molar-refractivity contribution is 5.96. The van der Waals surface area contributed by atoms with E-state index in [0.29, 0.717) is 17.2 Å². The fourth-order valence-electron chi connectivity index (χ4n) is 2.16. The van der Waals surface area contributed by atoms with Crippen LogP contribution in [0.15, 0.2) is 18.2 Å². The summed E-state index contributed by atoms with van der Waals surface area (Å²) in [5.74, 6) is 0.401. The molecule has 1 fully saturated rings. The Balaban J connectivity index is 2.12. The summed E-state index contributed by atoms with van der Waals surface area (Å²) in [6.07, 6.45) is 2.08. The molecule has 1 aliphatic carbocycles. The Morgan fingerprint density at radius 1 is 1.53 bits per heavy atom. The highest BCUT2D eigenvalue weighted by Gasteiger charge is 2.36. The maximum Gasteiger partial charge on any atom is 0.292 e. The van der Waals surface area contributed by atoms with E-state index in [2.05, 4.69) is 17.6 Å². The van der Waals surface area contributed by atoms with Crippen molar-refractivity contribution in [3.63, 3.8) is 0 Å². The van der Waals surface area contributed by atoms with Gasteiger partial charge in [0.2, 0.25) is 0 Å². The van der Waals surface area contributed by atoms with Crippen LogP contribution in [0.25, 0.3) is 0 Å². The number of nitrogens with zero attached hydrogens (tertiary/aromatic N) is 1. The molecule has 1 aromatic rings. The lowest BCUT2D eigenvalue weighted by molar-refractivity contribution is -0.383. The van der Waals surface area contributed by atoms with Crippen molar-refractivity contribution in [2.75, 3.05) is 12.4 Å². The monoisotopic (exact) mass is 263 g/mol. The zero-order valence-electron chi connectivity index (χ0n) is 11.0. The van der Waals surface area contributed by atoms with Gasteiger partial charge in [0.1, 0.15) is 5.69 Å². The van der Waals surface area contributed by atoms with Crippen LogP contribution in [0.3, 0.4) is 0 Å². The number of amides is 1. The first kappa shape index (κ1) is 13.3. The van der Waals surface area contributed by atoms with E-state index in [9.17, 15) is 14.9 Å². The normalized spacial score (nSPS) is 20.7. The van der Waals surface area contributed by atoms with Gasteiger partial charge in [0, 0.05) is 24.7 Å². The summed E-state index contributed by atoms with van der Waals surface area (Å²) < 4.78 is 0. The van der Waals surface area contributed by atoms with Crippen LogP contribution in [-0.4, -0.2) is 23.9 Å². The number of nitro benzene ring substituents is 1. The smallest absolute Gasteiger partial charge is 0.292 e. The molecule has 2 atom stereocenters. The fourth-order valence-corrected chi connectivity index (χ4v) is 2.16. The number of hydrogen-bond donors (Lipinski definition) is 2. The van der Waals surface area contributed by atoms with Crippen LogP contribution in [0.2, 0.25) is 0 Å². The molecule has 0 aliphatic heterocycles. The van der Waals surface area contributed by atoms with Crippen molar-refractivity contribution in [2.45, 2.75) is 25.8 Å². The van der Waals surface area contributed by atoms with Crippen LogP contribution in [-0.2, 0) is 0 Å². The van der Waals surface area contributed by atoms with Gasteiger partial charge in [-0.05, 0) is 24.5 Å². The summed E-state index contributed by atoms with van der Waals surface area (Å²) in [5.41, 5.74) is 0.758. The van der Waals surface area contributed by atoms with Crippen molar-refractivity contribution in [2.24, 2.45) is 5.92 Å². The quantitative estimate of drug-likeness (QED) is 0.629. The lowest BCUT2D eigenvalue weighted by Crippen LogP contribution is -2.26. The molecule has 102 valence electrons. The Labute approximate surface area is 111 Å². The van der Waals surface area contributed by atoms with Gasteiger partial charge in [-0.3, -0.25) is 14.9 Å². The number of nitrogens with one attached hydrogen (secondary N) is 2. The molecule has 6 heteroatoms. The molecule has 19 heavy (non-hydrogen) atoms. The molecule has 0 radical (unpaired) electrons. The molecule has 0 bridgehead atoms. The van der Waals surface area contributed by atoms with E-state index in [4.69, 9.17) is 0 Å². The van der Waals surface area contributed by atoms with Gasteiger partial charge >= 0.3 is 0 Å². The molecule has 0 aromatic heterocycles. The lowest BCUT2D eigenvalue weighted by atomic mass is 10.1. The molecule has 0 heterocycles. The maximum absolute atomic E-state index is 12.0. The second kappa shape index (κ2) is 5.26. The number of nitro groups is 1. The molecule has 2 N–H and O–H groups in total. The van der Waals surface area contributed by atoms with Crippen LogP contribution in [0.4, 0.5) is 11.4 Å². The summed E-state index contributed by atoms with van der Waals surface area (Å²) in [5, 5.41) is 16.5. The van der Waals surface area contributed by atoms with Crippen molar-refractivity contribution >= 4 is 17.3 Å². The molecule has 1 aliphatic rings. The van der Waals surface area contributed by atoms with Gasteiger partial charge in [-0.2, -0.15) is 0 Å². The van der Waals surface area contributed by atoms with Crippen LogP contribution >= 0.6 is 0 Å². The van der Waals surface area contributed by atoms with E-state index in [0.717, 1.165) is 12.8 Å². The Kier molecular flexibility index (Phi) is 3.69. The predicted octanol–water partition coefficient (Wildman–Crippen LogP) is 2.16. The van der Waals surface area contributed by atoms with E-state index in [1.165, 1.54) is 18.2 Å². The Hall–Kier alpha value is -2.11. The molecular formula is C13H17N3O3. The van der Waals surface area contributed by atoms with Gasteiger partial charge in [-0.15, -0.1) is 0 Å². The first-order valence-electron chi connectivity index (χ1n) is 6.33.